The van der Waals surface area contributed by atoms with E-state index in [0.29, 0.717) is 30.7 Å². The number of carboxylic acid groups (broad SMARTS) is 1. The quantitative estimate of drug-likeness (QED) is 0.648. The Morgan fingerprint density at radius 2 is 1.96 bits per heavy atom. The summed E-state index contributed by atoms with van der Waals surface area (Å²) in [6.45, 7) is 4.69. The second-order valence-electron chi connectivity index (χ2n) is 6.52. The van der Waals surface area contributed by atoms with Crippen molar-refractivity contribution in [1.29, 1.82) is 0 Å². The van der Waals surface area contributed by atoms with Gasteiger partial charge in [-0.15, -0.1) is 0 Å². The van der Waals surface area contributed by atoms with Crippen molar-refractivity contribution in [2.24, 2.45) is 13.0 Å². The Morgan fingerprint density at radius 3 is 2.44 bits per heavy atom. The predicted octanol–water partition coefficient (Wildman–Crippen LogP) is 0.0732. The number of sulfonamides is 1. The number of nitrogens with one attached hydrogen (secondary N) is 2. The molecule has 1 amide bonds. The molecule has 2 rings (SSSR count). The standard InChI is InChI=1S/C15H24N4O5S/c1-8-13(10(3)19(4)17-8)25(23,24)18-9(2)14(20)16-12-6-5-11(7-12)15(21)22/h9,11-12,18H,5-7H2,1-4H3,(H,16,20)(H,21,22)/t9?,11-,12+/m0/s1. The first-order valence-corrected chi connectivity index (χ1v) is 9.57. The molecule has 1 aliphatic carbocycles. The third kappa shape index (κ3) is 4.18. The lowest BCUT2D eigenvalue weighted by Gasteiger charge is -2.18. The first-order valence-electron chi connectivity index (χ1n) is 8.08. The second-order valence-corrected chi connectivity index (χ2v) is 8.17. The molecule has 0 spiro atoms. The molecule has 3 N–H and O–H groups in total. The zero-order valence-corrected chi connectivity index (χ0v) is 15.6. The highest BCUT2D eigenvalue weighted by molar-refractivity contribution is 7.89. The molecule has 9 nitrogen and oxygen atoms in total. The smallest absolute Gasteiger partial charge is 0.306 e. The fourth-order valence-corrected chi connectivity index (χ4v) is 4.79. The molecule has 0 radical (unpaired) electrons. The van der Waals surface area contributed by atoms with Crippen LogP contribution in [0.2, 0.25) is 0 Å². The summed E-state index contributed by atoms with van der Waals surface area (Å²) in [7, 11) is -2.24. The maximum Gasteiger partial charge on any atom is 0.306 e. The van der Waals surface area contributed by atoms with Crippen molar-refractivity contribution < 1.29 is 23.1 Å². The van der Waals surface area contributed by atoms with Crippen molar-refractivity contribution >= 4 is 21.9 Å². The summed E-state index contributed by atoms with van der Waals surface area (Å²) in [5, 5.41) is 15.8. The Morgan fingerprint density at radius 1 is 1.32 bits per heavy atom. The zero-order valence-electron chi connectivity index (χ0n) is 14.7. The SMILES string of the molecule is Cc1nn(C)c(C)c1S(=O)(=O)NC(C)C(=O)N[C@@H]1CC[C@H](C(=O)O)C1. The highest BCUT2D eigenvalue weighted by Crippen LogP contribution is 2.25. The number of carboxylic acids is 1. The number of amides is 1. The summed E-state index contributed by atoms with van der Waals surface area (Å²) in [6.07, 6.45) is 1.44. The van der Waals surface area contributed by atoms with Crippen LogP contribution in [0.3, 0.4) is 0 Å². The van der Waals surface area contributed by atoms with Crippen molar-refractivity contribution in [1.82, 2.24) is 19.8 Å². The molecule has 1 aliphatic rings. The Hall–Kier alpha value is -1.94. The molecule has 0 aliphatic heterocycles. The molecule has 1 heterocycles. The van der Waals surface area contributed by atoms with Crippen LogP contribution in [0.4, 0.5) is 0 Å². The number of carbonyl (C=O) groups is 2. The molecule has 1 aromatic heterocycles. The van der Waals surface area contributed by atoms with Gasteiger partial charge in [-0.1, -0.05) is 0 Å². The Kier molecular flexibility index (Phi) is 5.52. The first-order chi connectivity index (χ1) is 11.5. The minimum absolute atomic E-state index is 0.0708. The van der Waals surface area contributed by atoms with Crippen LogP contribution in [-0.4, -0.2) is 47.3 Å². The van der Waals surface area contributed by atoms with Crippen molar-refractivity contribution in [3.63, 3.8) is 0 Å². The number of rotatable bonds is 6. The third-order valence-electron chi connectivity index (χ3n) is 4.56. The third-order valence-corrected chi connectivity index (χ3v) is 6.36. The van der Waals surface area contributed by atoms with Crippen LogP contribution in [0, 0.1) is 19.8 Å². The fourth-order valence-electron chi connectivity index (χ4n) is 3.15. The van der Waals surface area contributed by atoms with E-state index in [1.807, 2.05) is 0 Å². The summed E-state index contributed by atoms with van der Waals surface area (Å²) >= 11 is 0. The summed E-state index contributed by atoms with van der Waals surface area (Å²) < 4.78 is 29.0. The van der Waals surface area contributed by atoms with E-state index < -0.39 is 33.9 Å². The average molecular weight is 372 g/mol. The normalized spacial score (nSPS) is 21.9. The number of carbonyl (C=O) groups excluding carboxylic acids is 1. The first kappa shape index (κ1) is 19.4. The highest BCUT2D eigenvalue weighted by atomic mass is 32.2. The lowest BCUT2D eigenvalue weighted by molar-refractivity contribution is -0.141. The van der Waals surface area contributed by atoms with Crippen molar-refractivity contribution in [3.8, 4) is 0 Å². The molecular formula is C15H24N4O5S. The summed E-state index contributed by atoms with van der Waals surface area (Å²) in [6, 6.07) is -1.23. The van der Waals surface area contributed by atoms with Gasteiger partial charge in [-0.05, 0) is 40.0 Å². The Labute approximate surface area is 146 Å². The molecular weight excluding hydrogens is 348 g/mol. The van der Waals surface area contributed by atoms with Crippen LogP contribution < -0.4 is 10.0 Å². The van der Waals surface area contributed by atoms with E-state index in [2.05, 4.69) is 15.1 Å². The Balaban J connectivity index is 2.02. The molecule has 1 aromatic rings. The summed E-state index contributed by atoms with van der Waals surface area (Å²) in [4.78, 5) is 23.3. The van der Waals surface area contributed by atoms with Crippen LogP contribution in [-0.2, 0) is 26.7 Å². The van der Waals surface area contributed by atoms with Gasteiger partial charge in [-0.3, -0.25) is 14.3 Å². The van der Waals surface area contributed by atoms with Crippen LogP contribution in [0.15, 0.2) is 4.90 Å². The molecule has 10 heteroatoms. The van der Waals surface area contributed by atoms with E-state index in [1.54, 1.807) is 20.9 Å². The number of hydrogen-bond donors (Lipinski definition) is 3. The molecule has 140 valence electrons. The van der Waals surface area contributed by atoms with E-state index >= 15 is 0 Å². The molecule has 1 unspecified atom stereocenters. The molecule has 0 saturated heterocycles. The van der Waals surface area contributed by atoms with Crippen LogP contribution in [0.25, 0.3) is 0 Å². The molecule has 25 heavy (non-hydrogen) atoms. The zero-order chi connectivity index (χ0) is 18.9. The molecule has 0 bridgehead atoms. The van der Waals surface area contributed by atoms with Gasteiger partial charge < -0.3 is 10.4 Å². The van der Waals surface area contributed by atoms with Gasteiger partial charge in [0.15, 0.2) is 0 Å². The van der Waals surface area contributed by atoms with Gasteiger partial charge in [0.25, 0.3) is 0 Å². The largest absolute Gasteiger partial charge is 0.481 e. The minimum Gasteiger partial charge on any atom is -0.481 e. The van der Waals surface area contributed by atoms with Gasteiger partial charge in [0, 0.05) is 13.1 Å². The van der Waals surface area contributed by atoms with E-state index in [1.165, 1.54) is 11.6 Å². The lowest BCUT2D eigenvalue weighted by Crippen LogP contribution is -2.47. The number of aromatic nitrogens is 2. The lowest BCUT2D eigenvalue weighted by atomic mass is 10.1. The molecule has 3 atom stereocenters. The maximum absolute atomic E-state index is 12.6. The van der Waals surface area contributed by atoms with E-state index in [-0.39, 0.29) is 10.9 Å². The molecule has 1 fully saturated rings. The monoisotopic (exact) mass is 372 g/mol. The fraction of sp³-hybridized carbons (Fsp3) is 0.667. The van der Waals surface area contributed by atoms with Crippen molar-refractivity contribution in [2.75, 3.05) is 0 Å². The van der Waals surface area contributed by atoms with Crippen molar-refractivity contribution in [2.45, 2.75) is 57.0 Å². The van der Waals surface area contributed by atoms with Crippen LogP contribution in [0.1, 0.15) is 37.6 Å². The predicted molar refractivity (Wildman–Crippen MR) is 89.4 cm³/mol. The highest BCUT2D eigenvalue weighted by Gasteiger charge is 2.33. The molecule has 0 aromatic carbocycles. The second kappa shape index (κ2) is 7.12. The Bertz CT molecular complexity index is 786. The molecule has 1 saturated carbocycles. The number of aryl methyl sites for hydroxylation is 2. The average Bonchev–Trinajstić information content (AvgIpc) is 3.04. The number of hydrogen-bond acceptors (Lipinski definition) is 5. The maximum atomic E-state index is 12.6. The van der Waals surface area contributed by atoms with Crippen molar-refractivity contribution in [3.05, 3.63) is 11.4 Å². The van der Waals surface area contributed by atoms with Gasteiger partial charge in [-0.25, -0.2) is 8.42 Å². The van der Waals surface area contributed by atoms with E-state index in [0.717, 1.165) is 0 Å². The van der Waals surface area contributed by atoms with Crippen LogP contribution in [0.5, 0.6) is 0 Å². The van der Waals surface area contributed by atoms with Gasteiger partial charge in [0.05, 0.1) is 23.3 Å². The minimum atomic E-state index is -3.89. The number of nitrogens with zero attached hydrogens (tertiary/aromatic N) is 2. The van der Waals surface area contributed by atoms with Gasteiger partial charge in [-0.2, -0.15) is 9.82 Å². The topological polar surface area (TPSA) is 130 Å². The van der Waals surface area contributed by atoms with E-state index in [9.17, 15) is 18.0 Å². The van der Waals surface area contributed by atoms with Gasteiger partial charge >= 0.3 is 5.97 Å². The summed E-state index contributed by atoms with van der Waals surface area (Å²) in [5.41, 5.74) is 0.845. The number of aliphatic carboxylic acids is 1. The van der Waals surface area contributed by atoms with Crippen LogP contribution >= 0.6 is 0 Å². The summed E-state index contributed by atoms with van der Waals surface area (Å²) in [5.74, 6) is -1.80. The van der Waals surface area contributed by atoms with E-state index in [4.69, 9.17) is 5.11 Å². The van der Waals surface area contributed by atoms with Gasteiger partial charge in [0.2, 0.25) is 15.9 Å². The van der Waals surface area contributed by atoms with Gasteiger partial charge in [0.1, 0.15) is 4.90 Å².